The summed E-state index contributed by atoms with van der Waals surface area (Å²) in [7, 11) is 0. The highest BCUT2D eigenvalue weighted by atomic mass is 14.8. The lowest BCUT2D eigenvalue weighted by atomic mass is 9.91. The molecule has 110 valence electrons. The Labute approximate surface area is 127 Å². The van der Waals surface area contributed by atoms with Gasteiger partial charge in [-0.05, 0) is 66.5 Å². The van der Waals surface area contributed by atoms with E-state index >= 15 is 0 Å². The van der Waals surface area contributed by atoms with Gasteiger partial charge in [0.2, 0.25) is 0 Å². The van der Waals surface area contributed by atoms with Crippen LogP contribution in [-0.2, 0) is 5.41 Å². The Bertz CT molecular complexity index is 614. The van der Waals surface area contributed by atoms with Crippen LogP contribution in [-0.4, -0.2) is 12.3 Å². The largest absolute Gasteiger partial charge is 0.404 e. The normalized spacial score (nSPS) is 24.5. The predicted octanol–water partition coefficient (Wildman–Crippen LogP) is 4.15. The molecule has 0 amide bonds. The molecule has 0 bridgehead atoms. The van der Waals surface area contributed by atoms with Crippen molar-refractivity contribution >= 4 is 11.8 Å². The quantitative estimate of drug-likeness (QED) is 0.808. The number of nitrogens with two attached hydrogens (primary N) is 1. The number of hydrogen-bond acceptors (Lipinski definition) is 2. The van der Waals surface area contributed by atoms with Crippen LogP contribution in [0.3, 0.4) is 0 Å². The average Bonchev–Trinajstić information content (AvgIpc) is 3.36. The van der Waals surface area contributed by atoms with E-state index in [1.165, 1.54) is 55.2 Å². The van der Waals surface area contributed by atoms with Crippen molar-refractivity contribution in [3.63, 3.8) is 0 Å². The van der Waals surface area contributed by atoms with Crippen molar-refractivity contribution in [2.45, 2.75) is 62.8 Å². The first-order chi connectivity index (χ1) is 10.2. The van der Waals surface area contributed by atoms with Gasteiger partial charge in [-0.2, -0.15) is 0 Å². The molecule has 0 unspecified atom stereocenters. The molecule has 4 rings (SSSR count). The third-order valence-electron chi connectivity index (χ3n) is 5.19. The highest BCUT2D eigenvalue weighted by molar-refractivity contribution is 6.09. The zero-order chi connectivity index (χ0) is 14.4. The van der Waals surface area contributed by atoms with Crippen LogP contribution in [0.2, 0.25) is 0 Å². The molecule has 3 aliphatic rings. The lowest BCUT2D eigenvalue weighted by molar-refractivity contribution is 0.784. The summed E-state index contributed by atoms with van der Waals surface area (Å²) in [6.45, 7) is 2.38. The van der Waals surface area contributed by atoms with Crippen molar-refractivity contribution < 1.29 is 0 Å². The molecular weight excluding hydrogens is 256 g/mol. The summed E-state index contributed by atoms with van der Waals surface area (Å²) >= 11 is 0. The van der Waals surface area contributed by atoms with Crippen molar-refractivity contribution in [3.8, 4) is 0 Å². The van der Waals surface area contributed by atoms with Crippen LogP contribution in [0.15, 0.2) is 29.4 Å². The van der Waals surface area contributed by atoms with E-state index in [2.05, 4.69) is 30.1 Å². The zero-order valence-corrected chi connectivity index (χ0v) is 12.8. The van der Waals surface area contributed by atoms with E-state index in [4.69, 9.17) is 5.73 Å². The highest BCUT2D eigenvalue weighted by Crippen LogP contribution is 2.50. The molecule has 0 atom stereocenters. The Morgan fingerprint density at radius 3 is 2.52 bits per heavy atom. The zero-order valence-electron chi connectivity index (χ0n) is 12.8. The van der Waals surface area contributed by atoms with Gasteiger partial charge in [0.15, 0.2) is 0 Å². The minimum absolute atomic E-state index is 0.410. The third-order valence-corrected chi connectivity index (χ3v) is 5.19. The molecule has 0 heterocycles. The van der Waals surface area contributed by atoms with Crippen LogP contribution in [0, 0.1) is 0 Å². The molecule has 1 aromatic carbocycles. The van der Waals surface area contributed by atoms with Crippen LogP contribution in [0.1, 0.15) is 68.1 Å². The van der Waals surface area contributed by atoms with Crippen molar-refractivity contribution in [3.05, 3.63) is 41.1 Å². The Kier molecular flexibility index (Phi) is 2.95. The van der Waals surface area contributed by atoms with Gasteiger partial charge in [0.25, 0.3) is 0 Å². The minimum atomic E-state index is 0.410. The second kappa shape index (κ2) is 4.72. The van der Waals surface area contributed by atoms with E-state index in [-0.39, 0.29) is 0 Å². The molecule has 2 heteroatoms. The number of allylic oxidation sites excluding steroid dienone is 1. The summed E-state index contributed by atoms with van der Waals surface area (Å²) in [4.78, 5) is 4.61. The fraction of sp³-hybridized carbons (Fsp3) is 0.526. The molecule has 3 saturated carbocycles. The van der Waals surface area contributed by atoms with Gasteiger partial charge in [0.05, 0.1) is 6.04 Å². The fourth-order valence-electron chi connectivity index (χ4n) is 2.92. The van der Waals surface area contributed by atoms with Crippen molar-refractivity contribution in [1.82, 2.24) is 0 Å². The predicted molar refractivity (Wildman–Crippen MR) is 88.7 cm³/mol. The summed E-state index contributed by atoms with van der Waals surface area (Å²) in [5.41, 5.74) is 11.6. The molecule has 21 heavy (non-hydrogen) atoms. The van der Waals surface area contributed by atoms with Gasteiger partial charge < -0.3 is 5.73 Å². The van der Waals surface area contributed by atoms with Gasteiger partial charge in [0, 0.05) is 18.0 Å². The molecule has 0 aromatic heterocycles. The summed E-state index contributed by atoms with van der Waals surface area (Å²) in [5.74, 6) is 0.783. The minimum Gasteiger partial charge on any atom is -0.404 e. The van der Waals surface area contributed by atoms with E-state index in [0.29, 0.717) is 11.5 Å². The van der Waals surface area contributed by atoms with Gasteiger partial charge in [-0.3, -0.25) is 4.99 Å². The molecule has 2 nitrogen and oxygen atoms in total. The first-order valence-electron chi connectivity index (χ1n) is 8.29. The van der Waals surface area contributed by atoms with E-state index in [1.807, 2.05) is 6.21 Å². The Balaban J connectivity index is 1.70. The second-order valence-electron chi connectivity index (χ2n) is 7.31. The number of nitrogens with zero attached hydrogens (tertiary/aromatic N) is 1. The van der Waals surface area contributed by atoms with Gasteiger partial charge >= 0.3 is 0 Å². The number of benzene rings is 1. The molecule has 0 spiro atoms. The monoisotopic (exact) mass is 280 g/mol. The molecule has 0 radical (unpaired) electrons. The van der Waals surface area contributed by atoms with Crippen LogP contribution in [0.4, 0.5) is 0 Å². The van der Waals surface area contributed by atoms with Gasteiger partial charge in [-0.25, -0.2) is 0 Å². The van der Waals surface area contributed by atoms with Crippen LogP contribution < -0.4 is 5.73 Å². The Hall–Kier alpha value is -1.57. The first kappa shape index (κ1) is 13.1. The molecule has 1 aromatic rings. The smallest absolute Gasteiger partial charge is 0.0501 e. The fourth-order valence-corrected chi connectivity index (χ4v) is 2.92. The Morgan fingerprint density at radius 1 is 1.19 bits per heavy atom. The molecular formula is C19H24N2. The van der Waals surface area contributed by atoms with E-state index in [0.717, 1.165) is 11.5 Å². The number of aliphatic imine (C=N–C) groups is 1. The standard InChI is InChI=1S/C19H24N2/c1-19(6-7-19)17-9-14(13-2-3-13)8-15(10-17)16(11-20)12-21-18-4-5-18/h8-13,18H,2-7,20H2,1H3/b16-11+,21-12?. The maximum absolute atomic E-state index is 5.87. The van der Waals surface area contributed by atoms with Crippen LogP contribution >= 0.6 is 0 Å². The SMILES string of the molecule is CC1(c2cc(/C(C=NC3CC3)=C/N)cc(C3CC3)c2)CC1. The second-order valence-corrected chi connectivity index (χ2v) is 7.31. The summed E-state index contributed by atoms with van der Waals surface area (Å²) < 4.78 is 0. The van der Waals surface area contributed by atoms with Gasteiger partial charge in [0.1, 0.15) is 0 Å². The Morgan fingerprint density at radius 2 is 1.95 bits per heavy atom. The lowest BCUT2D eigenvalue weighted by Gasteiger charge is -2.14. The summed E-state index contributed by atoms with van der Waals surface area (Å²) in [6, 6.07) is 7.67. The van der Waals surface area contributed by atoms with Gasteiger partial charge in [-0.15, -0.1) is 0 Å². The highest BCUT2D eigenvalue weighted by Gasteiger charge is 2.40. The van der Waals surface area contributed by atoms with Crippen LogP contribution in [0.25, 0.3) is 5.57 Å². The molecule has 0 saturated heterocycles. The van der Waals surface area contributed by atoms with Crippen LogP contribution in [0.5, 0.6) is 0 Å². The summed E-state index contributed by atoms with van der Waals surface area (Å²) in [6.07, 6.45) is 11.5. The van der Waals surface area contributed by atoms with Crippen molar-refractivity contribution in [2.24, 2.45) is 10.7 Å². The maximum atomic E-state index is 5.87. The number of rotatable bonds is 5. The first-order valence-corrected chi connectivity index (χ1v) is 8.29. The molecule has 0 aliphatic heterocycles. The molecule has 2 N–H and O–H groups in total. The lowest BCUT2D eigenvalue weighted by Crippen LogP contribution is -2.03. The molecule has 3 fully saturated rings. The average molecular weight is 280 g/mol. The van der Waals surface area contributed by atoms with E-state index in [1.54, 1.807) is 6.20 Å². The van der Waals surface area contributed by atoms with Gasteiger partial charge in [-0.1, -0.05) is 25.1 Å². The van der Waals surface area contributed by atoms with E-state index < -0.39 is 0 Å². The van der Waals surface area contributed by atoms with E-state index in [9.17, 15) is 0 Å². The van der Waals surface area contributed by atoms with Crippen molar-refractivity contribution in [2.75, 3.05) is 0 Å². The third kappa shape index (κ3) is 2.76. The number of hydrogen-bond donors (Lipinski definition) is 1. The maximum Gasteiger partial charge on any atom is 0.0501 e. The molecule has 3 aliphatic carbocycles. The topological polar surface area (TPSA) is 38.4 Å². The van der Waals surface area contributed by atoms with Crippen molar-refractivity contribution in [1.29, 1.82) is 0 Å². The summed E-state index contributed by atoms with van der Waals surface area (Å²) in [5, 5.41) is 0.